The number of carbonyl (C=O) groups excluding carboxylic acids is 1. The van der Waals surface area contributed by atoms with Crippen LogP contribution in [0.5, 0.6) is 0 Å². The van der Waals surface area contributed by atoms with E-state index in [1.54, 1.807) is 6.07 Å². The fourth-order valence-electron chi connectivity index (χ4n) is 1.28. The molecule has 1 aromatic carbocycles. The highest BCUT2D eigenvalue weighted by atomic mass is 127. The summed E-state index contributed by atoms with van der Waals surface area (Å²) in [6, 6.07) is 5.43. The van der Waals surface area contributed by atoms with Gasteiger partial charge in [-0.1, -0.05) is 13.0 Å². The SMILES string of the molecule is CCC(CO)NC(=O)c1ccc(C)c(I)c1. The number of aliphatic hydroxyl groups excluding tert-OH is 1. The van der Waals surface area contributed by atoms with E-state index in [-0.39, 0.29) is 18.6 Å². The molecule has 1 rings (SSSR count). The predicted molar refractivity (Wildman–Crippen MR) is 72.5 cm³/mol. The summed E-state index contributed by atoms with van der Waals surface area (Å²) in [7, 11) is 0. The van der Waals surface area contributed by atoms with Gasteiger partial charge < -0.3 is 10.4 Å². The third-order valence-corrected chi connectivity index (χ3v) is 3.64. The normalized spacial score (nSPS) is 12.2. The Morgan fingerprint density at radius 2 is 2.25 bits per heavy atom. The first kappa shape index (κ1) is 13.4. The molecule has 0 saturated heterocycles. The molecule has 16 heavy (non-hydrogen) atoms. The quantitative estimate of drug-likeness (QED) is 0.829. The molecule has 1 atom stereocenters. The van der Waals surface area contributed by atoms with Crippen molar-refractivity contribution in [3.63, 3.8) is 0 Å². The van der Waals surface area contributed by atoms with Gasteiger partial charge in [-0.25, -0.2) is 0 Å². The van der Waals surface area contributed by atoms with Gasteiger partial charge in [-0.15, -0.1) is 0 Å². The zero-order valence-electron chi connectivity index (χ0n) is 9.46. The molecule has 0 aliphatic rings. The first-order valence-corrected chi connectivity index (χ1v) is 6.34. The lowest BCUT2D eigenvalue weighted by molar-refractivity contribution is 0.0915. The minimum absolute atomic E-state index is 0.0226. The van der Waals surface area contributed by atoms with Crippen molar-refractivity contribution >= 4 is 28.5 Å². The molecule has 1 aromatic rings. The summed E-state index contributed by atoms with van der Waals surface area (Å²) in [5.41, 5.74) is 1.80. The maximum absolute atomic E-state index is 11.8. The Labute approximate surface area is 109 Å². The molecule has 0 aromatic heterocycles. The van der Waals surface area contributed by atoms with Gasteiger partial charge in [0.15, 0.2) is 0 Å². The molecule has 0 fully saturated rings. The molecule has 4 heteroatoms. The van der Waals surface area contributed by atoms with Crippen LogP contribution in [0.15, 0.2) is 18.2 Å². The fraction of sp³-hybridized carbons (Fsp3) is 0.417. The van der Waals surface area contributed by atoms with E-state index in [0.717, 1.165) is 15.6 Å². The molecular formula is C12H16INO2. The van der Waals surface area contributed by atoms with Gasteiger partial charge >= 0.3 is 0 Å². The molecule has 0 heterocycles. The number of nitrogens with one attached hydrogen (secondary N) is 1. The highest BCUT2D eigenvalue weighted by molar-refractivity contribution is 14.1. The highest BCUT2D eigenvalue weighted by Gasteiger charge is 2.11. The fourth-order valence-corrected chi connectivity index (χ4v) is 1.79. The molecule has 0 aliphatic heterocycles. The minimum Gasteiger partial charge on any atom is -0.394 e. The minimum atomic E-state index is -0.161. The van der Waals surface area contributed by atoms with Crippen molar-refractivity contribution < 1.29 is 9.90 Å². The number of hydrogen-bond acceptors (Lipinski definition) is 2. The Hall–Kier alpha value is -0.620. The van der Waals surface area contributed by atoms with Crippen molar-refractivity contribution in [2.45, 2.75) is 26.3 Å². The maximum Gasteiger partial charge on any atom is 0.251 e. The second-order valence-electron chi connectivity index (χ2n) is 3.73. The average molecular weight is 333 g/mol. The summed E-state index contributed by atoms with van der Waals surface area (Å²) in [6.07, 6.45) is 0.727. The first-order chi connectivity index (χ1) is 7.58. The number of rotatable bonds is 4. The summed E-state index contributed by atoms with van der Waals surface area (Å²) >= 11 is 2.21. The lowest BCUT2D eigenvalue weighted by atomic mass is 10.1. The van der Waals surface area contributed by atoms with Crippen LogP contribution >= 0.6 is 22.6 Å². The third-order valence-electron chi connectivity index (χ3n) is 2.48. The molecule has 0 bridgehead atoms. The molecule has 0 spiro atoms. The standard InChI is InChI=1S/C12H16INO2/c1-3-10(7-15)14-12(16)9-5-4-8(2)11(13)6-9/h4-6,10,15H,3,7H2,1-2H3,(H,14,16). The number of amides is 1. The molecule has 3 nitrogen and oxygen atoms in total. The van der Waals surface area contributed by atoms with Gasteiger partial charge in [0.25, 0.3) is 5.91 Å². The summed E-state index contributed by atoms with van der Waals surface area (Å²) < 4.78 is 1.07. The number of carbonyl (C=O) groups is 1. The van der Waals surface area contributed by atoms with E-state index in [4.69, 9.17) is 5.11 Å². The number of hydrogen-bond donors (Lipinski definition) is 2. The Bertz CT molecular complexity index is 375. The van der Waals surface area contributed by atoms with Crippen molar-refractivity contribution in [3.05, 3.63) is 32.9 Å². The van der Waals surface area contributed by atoms with E-state index in [0.29, 0.717) is 5.56 Å². The van der Waals surface area contributed by atoms with Crippen LogP contribution in [0, 0.1) is 10.5 Å². The van der Waals surface area contributed by atoms with E-state index in [1.807, 2.05) is 26.0 Å². The molecule has 0 saturated carbocycles. The Morgan fingerprint density at radius 3 is 2.75 bits per heavy atom. The molecule has 1 unspecified atom stereocenters. The smallest absolute Gasteiger partial charge is 0.251 e. The Kier molecular flexibility index (Phi) is 5.21. The molecule has 1 amide bonds. The second kappa shape index (κ2) is 6.20. The maximum atomic E-state index is 11.8. The predicted octanol–water partition coefficient (Wildman–Crippen LogP) is 2.10. The number of halogens is 1. The largest absolute Gasteiger partial charge is 0.394 e. The molecule has 0 radical (unpaired) electrons. The van der Waals surface area contributed by atoms with Gasteiger partial charge in [0.05, 0.1) is 12.6 Å². The van der Waals surface area contributed by atoms with Crippen molar-refractivity contribution in [2.75, 3.05) is 6.61 Å². The topological polar surface area (TPSA) is 49.3 Å². The second-order valence-corrected chi connectivity index (χ2v) is 4.89. The molecule has 88 valence electrons. The van der Waals surface area contributed by atoms with Crippen LogP contribution in [-0.2, 0) is 0 Å². The van der Waals surface area contributed by atoms with Crippen LogP contribution in [0.2, 0.25) is 0 Å². The first-order valence-electron chi connectivity index (χ1n) is 5.26. The van der Waals surface area contributed by atoms with E-state index in [1.165, 1.54) is 0 Å². The van der Waals surface area contributed by atoms with Gasteiger partial charge in [-0.2, -0.15) is 0 Å². The van der Waals surface area contributed by atoms with Crippen molar-refractivity contribution in [1.29, 1.82) is 0 Å². The highest BCUT2D eigenvalue weighted by Crippen LogP contribution is 2.13. The summed E-state index contributed by atoms with van der Waals surface area (Å²) in [6.45, 7) is 3.91. The lowest BCUT2D eigenvalue weighted by Crippen LogP contribution is -2.36. The number of aryl methyl sites for hydroxylation is 1. The van der Waals surface area contributed by atoms with Gasteiger partial charge in [0.2, 0.25) is 0 Å². The van der Waals surface area contributed by atoms with Gasteiger partial charge in [-0.3, -0.25) is 4.79 Å². The molecular weight excluding hydrogens is 317 g/mol. The number of benzene rings is 1. The Balaban J connectivity index is 2.76. The Morgan fingerprint density at radius 1 is 1.56 bits per heavy atom. The van der Waals surface area contributed by atoms with E-state index in [2.05, 4.69) is 27.9 Å². The van der Waals surface area contributed by atoms with Crippen LogP contribution in [-0.4, -0.2) is 23.7 Å². The number of aliphatic hydroxyl groups is 1. The van der Waals surface area contributed by atoms with Crippen LogP contribution in [0.3, 0.4) is 0 Å². The monoisotopic (exact) mass is 333 g/mol. The van der Waals surface area contributed by atoms with Crippen LogP contribution in [0.25, 0.3) is 0 Å². The summed E-state index contributed by atoms with van der Waals surface area (Å²) in [5.74, 6) is -0.126. The van der Waals surface area contributed by atoms with E-state index < -0.39 is 0 Å². The van der Waals surface area contributed by atoms with Crippen LogP contribution in [0.1, 0.15) is 29.3 Å². The lowest BCUT2D eigenvalue weighted by Gasteiger charge is -2.14. The van der Waals surface area contributed by atoms with E-state index >= 15 is 0 Å². The van der Waals surface area contributed by atoms with Crippen LogP contribution < -0.4 is 5.32 Å². The zero-order valence-corrected chi connectivity index (χ0v) is 11.6. The van der Waals surface area contributed by atoms with Gasteiger partial charge in [0, 0.05) is 9.13 Å². The molecule has 2 N–H and O–H groups in total. The third kappa shape index (κ3) is 3.45. The van der Waals surface area contributed by atoms with Gasteiger partial charge in [0.1, 0.15) is 0 Å². The van der Waals surface area contributed by atoms with Crippen molar-refractivity contribution in [1.82, 2.24) is 5.32 Å². The van der Waals surface area contributed by atoms with Crippen molar-refractivity contribution in [3.8, 4) is 0 Å². The average Bonchev–Trinajstić information content (AvgIpc) is 2.29. The summed E-state index contributed by atoms with van der Waals surface area (Å²) in [5, 5.41) is 11.8. The van der Waals surface area contributed by atoms with Crippen molar-refractivity contribution in [2.24, 2.45) is 0 Å². The molecule has 0 aliphatic carbocycles. The zero-order chi connectivity index (χ0) is 12.1. The van der Waals surface area contributed by atoms with Gasteiger partial charge in [-0.05, 0) is 53.6 Å². The van der Waals surface area contributed by atoms with E-state index in [9.17, 15) is 4.79 Å². The van der Waals surface area contributed by atoms with Crippen LogP contribution in [0.4, 0.5) is 0 Å². The summed E-state index contributed by atoms with van der Waals surface area (Å²) in [4.78, 5) is 11.8.